The maximum atomic E-state index is 14.5. The van der Waals surface area contributed by atoms with Gasteiger partial charge in [0.2, 0.25) is 5.91 Å². The van der Waals surface area contributed by atoms with Gasteiger partial charge in [-0.05, 0) is 66.7 Å². The number of nitriles is 3. The predicted octanol–water partition coefficient (Wildman–Crippen LogP) is 3.46. The second-order valence-corrected chi connectivity index (χ2v) is 13.3. The number of rotatable bonds is 12. The van der Waals surface area contributed by atoms with Crippen LogP contribution in [-0.4, -0.2) is 49.3 Å². The molecule has 0 spiro atoms. The minimum atomic E-state index is -1.62. The van der Waals surface area contributed by atoms with Gasteiger partial charge in [-0.2, -0.15) is 26.0 Å². The summed E-state index contributed by atoms with van der Waals surface area (Å²) in [5.41, 5.74) is -2.88. The lowest BCUT2D eigenvalue weighted by Crippen LogP contribution is -2.56. The normalized spacial score (nSPS) is 12.4. The van der Waals surface area contributed by atoms with Gasteiger partial charge in [-0.25, -0.2) is 9.36 Å². The average molecular weight is 658 g/mol. The molecule has 47 heavy (non-hydrogen) atoms. The highest BCUT2D eigenvalue weighted by Crippen LogP contribution is 2.35. The van der Waals surface area contributed by atoms with E-state index in [0.717, 1.165) is 15.9 Å². The number of carbonyl (C=O) groups is 1. The first-order valence-electron chi connectivity index (χ1n) is 14.7. The molecule has 4 aromatic rings. The van der Waals surface area contributed by atoms with Gasteiger partial charge in [0.05, 0.1) is 54.0 Å². The van der Waals surface area contributed by atoms with Crippen molar-refractivity contribution in [3.63, 3.8) is 0 Å². The van der Waals surface area contributed by atoms with E-state index in [2.05, 4.69) is 27.7 Å². The van der Waals surface area contributed by atoms with E-state index in [0.29, 0.717) is 16.1 Å². The molecule has 0 radical (unpaired) electrons. The van der Waals surface area contributed by atoms with Crippen LogP contribution in [0.2, 0.25) is 0 Å². The summed E-state index contributed by atoms with van der Waals surface area (Å²) in [7, 11) is 0. The molecule has 15 heteroatoms. The molecule has 4 rings (SSSR count). The Labute approximate surface area is 275 Å². The molecule has 0 saturated carbocycles. The molecule has 0 saturated heterocycles. The first-order chi connectivity index (χ1) is 22.2. The zero-order valence-corrected chi connectivity index (χ0v) is 28.0. The van der Waals surface area contributed by atoms with Crippen LogP contribution in [0.5, 0.6) is 5.75 Å². The van der Waals surface area contributed by atoms with Gasteiger partial charge in [-0.15, -0.1) is 4.80 Å². The third kappa shape index (κ3) is 6.94. The molecule has 3 aromatic heterocycles. The van der Waals surface area contributed by atoms with Crippen LogP contribution in [0.4, 0.5) is 0 Å². The predicted molar refractivity (Wildman–Crippen MR) is 173 cm³/mol. The molecule has 14 nitrogen and oxygen atoms in total. The highest BCUT2D eigenvalue weighted by molar-refractivity contribution is 7.21. The number of carbonyl (C=O) groups excluding carboxylic acids is 1. The van der Waals surface area contributed by atoms with Crippen molar-refractivity contribution in [2.75, 3.05) is 13.2 Å². The van der Waals surface area contributed by atoms with E-state index in [9.17, 15) is 30.2 Å². The molecule has 1 aromatic carbocycles. The molecule has 1 atom stereocenters. The number of aryl methyl sites for hydroxylation is 1. The highest BCUT2D eigenvalue weighted by atomic mass is 32.1. The number of ether oxygens (including phenoxy) is 2. The minimum absolute atomic E-state index is 0.0750. The van der Waals surface area contributed by atoms with Gasteiger partial charge in [0.15, 0.2) is 6.61 Å². The van der Waals surface area contributed by atoms with Crippen LogP contribution in [0.3, 0.4) is 0 Å². The van der Waals surface area contributed by atoms with Gasteiger partial charge in [-0.1, -0.05) is 11.3 Å². The number of aromatic nitrogens is 5. The van der Waals surface area contributed by atoms with E-state index < -0.39 is 34.2 Å². The third-order valence-corrected chi connectivity index (χ3v) is 8.68. The molecule has 0 aliphatic rings. The molecular formula is C32H35N9O5S. The molecule has 244 valence electrons. The van der Waals surface area contributed by atoms with Crippen molar-refractivity contribution >= 4 is 27.5 Å². The van der Waals surface area contributed by atoms with Crippen LogP contribution in [0.15, 0.2) is 40.2 Å². The number of nitrogens with one attached hydrogen (secondary N) is 1. The first kappa shape index (κ1) is 34.6. The number of fused-ring (bicyclic) bond motifs is 1. The summed E-state index contributed by atoms with van der Waals surface area (Å²) in [5, 5.41) is 40.6. The summed E-state index contributed by atoms with van der Waals surface area (Å²) in [4.78, 5) is 43.8. The molecule has 0 fully saturated rings. The summed E-state index contributed by atoms with van der Waals surface area (Å²) in [6, 6.07) is 10.5. The molecule has 1 N–H and O–H groups in total. The van der Waals surface area contributed by atoms with E-state index in [1.807, 2.05) is 6.07 Å². The number of thiophene rings is 1. The fraction of sp³-hybridized carbons (Fsp3) is 0.438. The van der Waals surface area contributed by atoms with Crippen LogP contribution >= 0.6 is 11.3 Å². The Morgan fingerprint density at radius 3 is 2.38 bits per heavy atom. The summed E-state index contributed by atoms with van der Waals surface area (Å²) in [6.07, 6.45) is 1.96. The third-order valence-electron chi connectivity index (χ3n) is 7.40. The zero-order chi connectivity index (χ0) is 34.7. The Bertz CT molecular complexity index is 2050. The van der Waals surface area contributed by atoms with E-state index in [-0.39, 0.29) is 47.3 Å². The Kier molecular flexibility index (Phi) is 10.00. The van der Waals surface area contributed by atoms with Crippen LogP contribution in [0.25, 0.3) is 15.2 Å². The second-order valence-electron chi connectivity index (χ2n) is 12.4. The monoisotopic (exact) mass is 657 g/mol. The quantitative estimate of drug-likeness (QED) is 0.236. The van der Waals surface area contributed by atoms with E-state index in [1.54, 1.807) is 34.6 Å². The van der Waals surface area contributed by atoms with Gasteiger partial charge in [0.25, 0.3) is 5.56 Å². The van der Waals surface area contributed by atoms with Crippen LogP contribution in [0.1, 0.15) is 64.3 Å². The van der Waals surface area contributed by atoms with Gasteiger partial charge in [0.1, 0.15) is 33.3 Å². The lowest BCUT2D eigenvalue weighted by Gasteiger charge is -2.29. The second kappa shape index (κ2) is 13.6. The van der Waals surface area contributed by atoms with Gasteiger partial charge >= 0.3 is 5.69 Å². The van der Waals surface area contributed by atoms with Crippen molar-refractivity contribution in [3.05, 3.63) is 68.1 Å². The van der Waals surface area contributed by atoms with Crippen LogP contribution in [-0.2, 0) is 21.6 Å². The molecule has 3 heterocycles. The number of hydrogen-bond acceptors (Lipinski definition) is 11. The maximum Gasteiger partial charge on any atom is 0.333 e. The maximum absolute atomic E-state index is 14.5. The number of hydrogen-bond donors (Lipinski definition) is 1. The van der Waals surface area contributed by atoms with Crippen molar-refractivity contribution in [3.8, 4) is 29.0 Å². The summed E-state index contributed by atoms with van der Waals surface area (Å²) >= 11 is 1.12. The molecule has 0 aliphatic carbocycles. The largest absolute Gasteiger partial charge is 0.478 e. The van der Waals surface area contributed by atoms with E-state index >= 15 is 0 Å². The van der Waals surface area contributed by atoms with Crippen molar-refractivity contribution < 1.29 is 14.3 Å². The average Bonchev–Trinajstić information content (AvgIpc) is 3.67. The smallest absolute Gasteiger partial charge is 0.333 e. The van der Waals surface area contributed by atoms with Gasteiger partial charge in [0, 0.05) is 17.2 Å². The molecule has 0 bridgehead atoms. The first-order valence-corrected chi connectivity index (χ1v) is 15.5. The number of nitrogens with zero attached hydrogens (tertiary/aromatic N) is 8. The number of amides is 1. The molecular weight excluding hydrogens is 622 g/mol. The van der Waals surface area contributed by atoms with Crippen molar-refractivity contribution in [1.82, 2.24) is 29.4 Å². The zero-order valence-electron chi connectivity index (χ0n) is 27.2. The number of benzene rings is 1. The molecule has 0 aliphatic heterocycles. The van der Waals surface area contributed by atoms with Crippen LogP contribution in [0, 0.1) is 46.3 Å². The van der Waals surface area contributed by atoms with Gasteiger partial charge < -0.3 is 14.8 Å². The lowest BCUT2D eigenvalue weighted by atomic mass is 9.97. The van der Waals surface area contributed by atoms with Crippen molar-refractivity contribution in [2.24, 2.45) is 5.41 Å². The SMILES string of the molecule is Cc1c(-n2nccn2)sc2c1c(=O)n(C(C)(C)C(=O)NC(C)C)c(=O)n2C[C@H](OCC(C)(C)C#N)c1cc(C#N)ccc1OCC#N. The standard InChI is InChI=1S/C32H35N9O5S/c1-19(2)38-29(43)32(6,7)40-26(42)25-20(3)27(41-36-11-12-37-41)47-28(25)39(30(40)44)16-24(46-18-31(4,5)17-35)22-14-21(15-34)8-9-23(22)45-13-10-33/h8-9,11-12,14,19,24H,13,16,18H2,1-7H3,(H,38,43)/t24-/m0/s1. The van der Waals surface area contributed by atoms with E-state index in [4.69, 9.17) is 9.47 Å². The fourth-order valence-electron chi connectivity index (χ4n) is 4.90. The highest BCUT2D eigenvalue weighted by Gasteiger charge is 2.36. The Morgan fingerprint density at radius 2 is 1.79 bits per heavy atom. The fourth-order valence-corrected chi connectivity index (χ4v) is 6.12. The van der Waals surface area contributed by atoms with Crippen LogP contribution < -0.4 is 21.3 Å². The lowest BCUT2D eigenvalue weighted by molar-refractivity contribution is -0.129. The Morgan fingerprint density at radius 1 is 1.11 bits per heavy atom. The summed E-state index contributed by atoms with van der Waals surface area (Å²) in [6.45, 7) is 11.0. The van der Waals surface area contributed by atoms with Gasteiger partial charge in [-0.3, -0.25) is 14.2 Å². The van der Waals surface area contributed by atoms with E-state index in [1.165, 1.54) is 53.8 Å². The Hall–Kier alpha value is -5.30. The van der Waals surface area contributed by atoms with Crippen molar-refractivity contribution in [1.29, 1.82) is 15.8 Å². The molecule has 0 unspecified atom stereocenters. The molecule has 1 amide bonds. The topological polar surface area (TPSA) is 194 Å². The Balaban J connectivity index is 2.06. The minimum Gasteiger partial charge on any atom is -0.478 e. The van der Waals surface area contributed by atoms with Crippen molar-refractivity contribution in [2.45, 2.75) is 72.7 Å². The summed E-state index contributed by atoms with van der Waals surface area (Å²) < 4.78 is 14.3. The summed E-state index contributed by atoms with van der Waals surface area (Å²) in [5.74, 6) is -0.291.